The lowest BCUT2D eigenvalue weighted by atomic mass is 9.89. The molecule has 0 unspecified atom stereocenters. The highest BCUT2D eigenvalue weighted by molar-refractivity contribution is 5.85. The van der Waals surface area contributed by atoms with Crippen LogP contribution in [0.5, 0.6) is 5.75 Å². The maximum atomic E-state index is 12.3. The van der Waals surface area contributed by atoms with Crippen LogP contribution in [0.2, 0.25) is 0 Å². The molecule has 0 aliphatic carbocycles. The van der Waals surface area contributed by atoms with Crippen LogP contribution in [-0.4, -0.2) is 43.6 Å². The highest BCUT2D eigenvalue weighted by Gasteiger charge is 2.33. The Morgan fingerprint density at radius 3 is 2.45 bits per heavy atom. The number of hydrogen-bond acceptors (Lipinski definition) is 4. The molecule has 0 bridgehead atoms. The van der Waals surface area contributed by atoms with Crippen molar-refractivity contribution >= 4 is 18.3 Å². The summed E-state index contributed by atoms with van der Waals surface area (Å²) < 4.78 is 28.6. The van der Waals surface area contributed by atoms with E-state index in [2.05, 4.69) is 27.1 Å². The number of benzene rings is 2. The molecule has 8 heteroatoms. The highest BCUT2D eigenvalue weighted by Crippen LogP contribution is 2.31. The van der Waals surface area contributed by atoms with Gasteiger partial charge in [0.15, 0.2) is 0 Å². The molecule has 0 radical (unpaired) electrons. The van der Waals surface area contributed by atoms with Crippen LogP contribution in [0.25, 0.3) is 0 Å². The number of nitrogens with zero attached hydrogens (tertiary/aromatic N) is 1. The largest absolute Gasteiger partial charge is 0.435 e. The molecule has 3 rings (SSSR count). The third-order valence-corrected chi connectivity index (χ3v) is 5.05. The van der Waals surface area contributed by atoms with Gasteiger partial charge in [-0.2, -0.15) is 8.78 Å². The Hall–Kier alpha value is -2.22. The van der Waals surface area contributed by atoms with Crippen molar-refractivity contribution < 1.29 is 18.3 Å². The number of ether oxygens (including phenoxy) is 1. The summed E-state index contributed by atoms with van der Waals surface area (Å²) in [6.07, 6.45) is 0. The van der Waals surface area contributed by atoms with Crippen molar-refractivity contribution in [2.45, 2.75) is 19.1 Å². The SMILES string of the molecule is Cl.NC[C@@H]1CN(CC(=O)NCc2ccc(OC(F)F)cc2)C[C@H]1c1ccccc1. The van der Waals surface area contributed by atoms with Gasteiger partial charge in [-0.15, -0.1) is 12.4 Å². The molecule has 1 aliphatic rings. The minimum absolute atomic E-state index is 0. The second kappa shape index (κ2) is 11.1. The molecule has 1 aliphatic heterocycles. The number of likely N-dealkylation sites (tertiary alicyclic amines) is 1. The predicted octanol–water partition coefficient (Wildman–Crippen LogP) is 3.00. The van der Waals surface area contributed by atoms with Crippen molar-refractivity contribution in [2.75, 3.05) is 26.2 Å². The first-order valence-corrected chi connectivity index (χ1v) is 9.33. The molecule has 5 nitrogen and oxygen atoms in total. The smallest absolute Gasteiger partial charge is 0.387 e. The summed E-state index contributed by atoms with van der Waals surface area (Å²) >= 11 is 0. The summed E-state index contributed by atoms with van der Waals surface area (Å²) in [6.45, 7) is -0.00777. The molecular weight excluding hydrogens is 400 g/mol. The van der Waals surface area contributed by atoms with E-state index in [1.165, 1.54) is 17.7 Å². The lowest BCUT2D eigenvalue weighted by Gasteiger charge is -2.16. The molecule has 1 heterocycles. The third kappa shape index (κ3) is 6.66. The Morgan fingerprint density at radius 2 is 1.83 bits per heavy atom. The van der Waals surface area contributed by atoms with Crippen molar-refractivity contribution in [2.24, 2.45) is 11.7 Å². The van der Waals surface area contributed by atoms with E-state index < -0.39 is 6.61 Å². The van der Waals surface area contributed by atoms with E-state index in [4.69, 9.17) is 5.73 Å². The van der Waals surface area contributed by atoms with Crippen LogP contribution >= 0.6 is 12.4 Å². The Kier molecular flexibility index (Phi) is 8.82. The minimum Gasteiger partial charge on any atom is -0.435 e. The maximum absolute atomic E-state index is 12.3. The molecule has 0 aromatic heterocycles. The van der Waals surface area contributed by atoms with Gasteiger partial charge in [-0.1, -0.05) is 42.5 Å². The van der Waals surface area contributed by atoms with Gasteiger partial charge in [0.05, 0.1) is 6.54 Å². The average molecular weight is 426 g/mol. The fraction of sp³-hybridized carbons (Fsp3) is 0.381. The van der Waals surface area contributed by atoms with Gasteiger partial charge in [0.2, 0.25) is 5.91 Å². The van der Waals surface area contributed by atoms with Crippen LogP contribution in [0, 0.1) is 5.92 Å². The fourth-order valence-corrected chi connectivity index (χ4v) is 3.65. The number of carbonyl (C=O) groups is 1. The first kappa shape index (κ1) is 23.1. The molecule has 0 spiro atoms. The third-order valence-electron chi connectivity index (χ3n) is 5.05. The molecule has 29 heavy (non-hydrogen) atoms. The van der Waals surface area contributed by atoms with E-state index in [-0.39, 0.29) is 24.1 Å². The summed E-state index contributed by atoms with van der Waals surface area (Å²) in [5, 5.41) is 2.87. The van der Waals surface area contributed by atoms with Gasteiger partial charge in [0.25, 0.3) is 0 Å². The Morgan fingerprint density at radius 1 is 1.14 bits per heavy atom. The van der Waals surface area contributed by atoms with Crippen LogP contribution in [-0.2, 0) is 11.3 Å². The average Bonchev–Trinajstić information content (AvgIpc) is 3.10. The topological polar surface area (TPSA) is 67.6 Å². The van der Waals surface area contributed by atoms with E-state index in [0.717, 1.165) is 18.7 Å². The molecule has 1 fully saturated rings. The van der Waals surface area contributed by atoms with E-state index in [0.29, 0.717) is 31.5 Å². The second-order valence-electron chi connectivity index (χ2n) is 7.01. The molecule has 3 N–H and O–H groups in total. The van der Waals surface area contributed by atoms with Crippen molar-refractivity contribution in [1.82, 2.24) is 10.2 Å². The van der Waals surface area contributed by atoms with Crippen molar-refractivity contribution in [3.8, 4) is 5.75 Å². The zero-order chi connectivity index (χ0) is 19.9. The molecule has 158 valence electrons. The molecule has 2 atom stereocenters. The first-order chi connectivity index (χ1) is 13.5. The van der Waals surface area contributed by atoms with Crippen molar-refractivity contribution in [3.63, 3.8) is 0 Å². The number of carbonyl (C=O) groups excluding carboxylic acids is 1. The normalized spacial score (nSPS) is 19.0. The summed E-state index contributed by atoms with van der Waals surface area (Å²) in [5.41, 5.74) is 8.02. The number of amides is 1. The van der Waals surface area contributed by atoms with Crippen LogP contribution in [0.1, 0.15) is 17.0 Å². The van der Waals surface area contributed by atoms with E-state index in [9.17, 15) is 13.6 Å². The van der Waals surface area contributed by atoms with Gasteiger partial charge in [-0.05, 0) is 35.7 Å². The molecular formula is C21H26ClF2N3O2. The zero-order valence-electron chi connectivity index (χ0n) is 16.0. The fourth-order valence-electron chi connectivity index (χ4n) is 3.65. The van der Waals surface area contributed by atoms with E-state index in [1.54, 1.807) is 12.1 Å². The lowest BCUT2D eigenvalue weighted by Crippen LogP contribution is -2.36. The van der Waals surface area contributed by atoms with Crippen molar-refractivity contribution in [3.05, 3.63) is 65.7 Å². The van der Waals surface area contributed by atoms with Crippen LogP contribution in [0.15, 0.2) is 54.6 Å². The number of nitrogens with two attached hydrogens (primary N) is 1. The molecule has 1 amide bonds. The van der Waals surface area contributed by atoms with E-state index in [1.807, 2.05) is 18.2 Å². The van der Waals surface area contributed by atoms with Gasteiger partial charge < -0.3 is 15.8 Å². The number of nitrogens with one attached hydrogen (secondary N) is 1. The Labute approximate surface area is 175 Å². The first-order valence-electron chi connectivity index (χ1n) is 9.33. The molecule has 0 saturated carbocycles. The van der Waals surface area contributed by atoms with Crippen molar-refractivity contribution in [1.29, 1.82) is 0 Å². The second-order valence-corrected chi connectivity index (χ2v) is 7.01. The highest BCUT2D eigenvalue weighted by atomic mass is 35.5. The van der Waals surface area contributed by atoms with Crippen LogP contribution in [0.4, 0.5) is 8.78 Å². The van der Waals surface area contributed by atoms with Gasteiger partial charge in [-0.25, -0.2) is 0 Å². The lowest BCUT2D eigenvalue weighted by molar-refractivity contribution is -0.122. The van der Waals surface area contributed by atoms with Gasteiger partial charge in [-0.3, -0.25) is 9.69 Å². The summed E-state index contributed by atoms with van der Waals surface area (Å²) in [6, 6.07) is 16.5. The summed E-state index contributed by atoms with van der Waals surface area (Å²) in [7, 11) is 0. The number of halogens is 3. The van der Waals surface area contributed by atoms with Crippen LogP contribution in [0.3, 0.4) is 0 Å². The number of alkyl halides is 2. The quantitative estimate of drug-likeness (QED) is 0.682. The van der Waals surface area contributed by atoms with Crippen LogP contribution < -0.4 is 15.8 Å². The number of hydrogen-bond donors (Lipinski definition) is 2. The maximum Gasteiger partial charge on any atom is 0.387 e. The Bertz CT molecular complexity index is 762. The molecule has 1 saturated heterocycles. The van der Waals surface area contributed by atoms with Gasteiger partial charge in [0.1, 0.15) is 5.75 Å². The Balaban J connectivity index is 0.00000300. The standard InChI is InChI=1S/C21H25F2N3O2.ClH/c22-21(23)28-18-8-6-15(7-9-18)11-25-20(27)14-26-12-17(10-24)19(13-26)16-4-2-1-3-5-16;/h1-9,17,19,21H,10-14,24H2,(H,25,27);1H/t17-,19+;/m1./s1. The van der Waals surface area contributed by atoms with Gasteiger partial charge in [0, 0.05) is 25.6 Å². The van der Waals surface area contributed by atoms with E-state index >= 15 is 0 Å². The predicted molar refractivity (Wildman–Crippen MR) is 110 cm³/mol. The zero-order valence-corrected chi connectivity index (χ0v) is 16.8. The number of rotatable bonds is 8. The summed E-state index contributed by atoms with van der Waals surface area (Å²) in [5.74, 6) is 0.693. The monoisotopic (exact) mass is 425 g/mol. The molecule has 2 aromatic carbocycles. The molecule has 2 aromatic rings. The van der Waals surface area contributed by atoms with Gasteiger partial charge >= 0.3 is 6.61 Å². The summed E-state index contributed by atoms with van der Waals surface area (Å²) in [4.78, 5) is 14.4. The minimum atomic E-state index is -2.84.